The highest BCUT2D eigenvalue weighted by atomic mass is 32.2. The Morgan fingerprint density at radius 2 is 1.74 bits per heavy atom. The van der Waals surface area contributed by atoms with E-state index in [0.717, 1.165) is 16.9 Å². The largest absolute Gasteiger partial charge is 0.416 e. The van der Waals surface area contributed by atoms with Crippen LogP contribution < -0.4 is 16.0 Å². The first-order chi connectivity index (χ1) is 19.2. The molecule has 1 aromatic carbocycles. The lowest BCUT2D eigenvalue weighted by molar-refractivity contribution is -0.0311. The van der Waals surface area contributed by atoms with Crippen LogP contribution in [0, 0.1) is 22.7 Å². The highest BCUT2D eigenvalue weighted by Gasteiger charge is 2.56. The quantitative estimate of drug-likeness (QED) is 0.327. The van der Waals surface area contributed by atoms with Gasteiger partial charge in [-0.2, -0.15) is 0 Å². The maximum atomic E-state index is 17.1. The van der Waals surface area contributed by atoms with E-state index in [2.05, 4.69) is 55.4 Å². The molecule has 1 aliphatic carbocycles. The zero-order valence-electron chi connectivity index (χ0n) is 25.6. The number of allylic oxidation sites excluding steroid dienone is 2. The molecule has 0 saturated heterocycles. The summed E-state index contributed by atoms with van der Waals surface area (Å²) >= 11 is 0. The van der Waals surface area contributed by atoms with E-state index in [1.54, 1.807) is 30.3 Å². The zero-order valence-corrected chi connectivity index (χ0v) is 27.4. The molecule has 0 amide bonds. The van der Waals surface area contributed by atoms with Crippen molar-refractivity contribution in [3.05, 3.63) is 80.9 Å². The molecule has 228 valence electrons. The van der Waals surface area contributed by atoms with Crippen LogP contribution in [-0.2, 0) is 19.2 Å². The van der Waals surface area contributed by atoms with E-state index < -0.39 is 52.4 Å². The van der Waals surface area contributed by atoms with E-state index in [9.17, 15) is 18.0 Å². The second kappa shape index (κ2) is 11.8. The number of nitrogens with zero attached hydrogens (tertiary/aromatic N) is 1. The number of aromatic amines is 1. The van der Waals surface area contributed by atoms with Crippen molar-refractivity contribution in [1.29, 1.82) is 0 Å². The standard InChI is InChI=1S/C30H40FN3O6SSi/c1-28(2,3)42(8,9)40-20-29(4,5)30(18-16-21-10-12-22(13-11-21)33-41(7,37)38)24(39-6)15-14-23(26(30)31)34-19-17-25(35)32-27(34)36/h10-15,17,19,24,33H,20H2,1-9H3,(H,32,35,36). The maximum Gasteiger partial charge on any atom is 0.332 e. The minimum absolute atomic E-state index is 0.0769. The number of hydrogen-bond acceptors (Lipinski definition) is 6. The van der Waals surface area contributed by atoms with Crippen LogP contribution in [0.1, 0.15) is 40.2 Å². The zero-order chi connectivity index (χ0) is 31.7. The minimum Gasteiger partial charge on any atom is -0.416 e. The van der Waals surface area contributed by atoms with Crippen molar-refractivity contribution in [3.63, 3.8) is 0 Å². The molecule has 9 nitrogen and oxygen atoms in total. The van der Waals surface area contributed by atoms with Crippen molar-refractivity contribution in [3.8, 4) is 11.8 Å². The van der Waals surface area contributed by atoms with E-state index >= 15 is 4.39 Å². The van der Waals surface area contributed by atoms with Gasteiger partial charge in [0.2, 0.25) is 10.0 Å². The number of methoxy groups -OCH3 is 1. The molecule has 2 atom stereocenters. The summed E-state index contributed by atoms with van der Waals surface area (Å²) in [7, 11) is -4.27. The Morgan fingerprint density at radius 3 is 2.26 bits per heavy atom. The first-order valence-electron chi connectivity index (χ1n) is 13.4. The van der Waals surface area contributed by atoms with E-state index in [1.165, 1.54) is 19.4 Å². The van der Waals surface area contributed by atoms with Crippen LogP contribution in [0.25, 0.3) is 5.70 Å². The van der Waals surface area contributed by atoms with Gasteiger partial charge in [-0.3, -0.25) is 19.1 Å². The topological polar surface area (TPSA) is 119 Å². The summed E-state index contributed by atoms with van der Waals surface area (Å²) in [6, 6.07) is 7.53. The van der Waals surface area contributed by atoms with E-state index in [0.29, 0.717) is 11.3 Å². The molecule has 0 radical (unpaired) electrons. The number of halogens is 1. The van der Waals surface area contributed by atoms with Gasteiger partial charge in [0.1, 0.15) is 11.2 Å². The molecule has 0 spiro atoms. The van der Waals surface area contributed by atoms with Crippen LogP contribution in [0.4, 0.5) is 10.1 Å². The molecule has 1 aromatic heterocycles. The highest BCUT2D eigenvalue weighted by Crippen LogP contribution is 2.54. The molecule has 0 saturated carbocycles. The van der Waals surface area contributed by atoms with Gasteiger partial charge in [0.05, 0.1) is 18.1 Å². The Morgan fingerprint density at radius 1 is 1.12 bits per heavy atom. The fraction of sp³-hybridized carbons (Fsp3) is 0.467. The Labute approximate surface area is 248 Å². The van der Waals surface area contributed by atoms with Gasteiger partial charge in [0.25, 0.3) is 5.56 Å². The molecule has 1 aliphatic rings. The summed E-state index contributed by atoms with van der Waals surface area (Å²) in [6.07, 6.45) is 4.51. The van der Waals surface area contributed by atoms with E-state index in [-0.39, 0.29) is 17.3 Å². The number of hydrogen-bond donors (Lipinski definition) is 2. The normalized spacial score (nSPS) is 19.8. The predicted molar refractivity (Wildman–Crippen MR) is 167 cm³/mol. The summed E-state index contributed by atoms with van der Waals surface area (Å²) < 4.78 is 56.2. The number of H-pyrrole nitrogens is 1. The average molecular weight is 618 g/mol. The van der Waals surface area contributed by atoms with Gasteiger partial charge < -0.3 is 9.16 Å². The fourth-order valence-electron chi connectivity index (χ4n) is 4.45. The van der Waals surface area contributed by atoms with Crippen LogP contribution in [0.3, 0.4) is 0 Å². The molecule has 2 aromatic rings. The Kier molecular flexibility index (Phi) is 9.34. The average Bonchev–Trinajstić information content (AvgIpc) is 2.86. The monoisotopic (exact) mass is 617 g/mol. The molecule has 3 rings (SSSR count). The lowest BCUT2D eigenvalue weighted by atomic mass is 9.60. The number of ether oxygens (including phenoxy) is 1. The molecular weight excluding hydrogens is 577 g/mol. The van der Waals surface area contributed by atoms with Crippen molar-refractivity contribution in [1.82, 2.24) is 9.55 Å². The molecule has 2 unspecified atom stereocenters. The maximum absolute atomic E-state index is 17.1. The molecule has 42 heavy (non-hydrogen) atoms. The van der Waals surface area contributed by atoms with Crippen molar-refractivity contribution >= 4 is 29.7 Å². The minimum atomic E-state index is -3.46. The number of nitrogens with one attached hydrogen (secondary N) is 2. The predicted octanol–water partition coefficient (Wildman–Crippen LogP) is 4.72. The Bertz CT molecular complexity index is 1670. The van der Waals surface area contributed by atoms with Crippen molar-refractivity contribution in [2.24, 2.45) is 10.8 Å². The first kappa shape index (κ1) is 33.3. The SMILES string of the molecule is COC1C=CC(n2ccc(=O)[nH]c2=O)=C(F)C1(C#Cc1ccc(NS(C)(=O)=O)cc1)C(C)(C)CO[Si](C)(C)C(C)(C)C. The number of benzene rings is 1. The third-order valence-corrected chi connectivity index (χ3v) is 13.1. The smallest absolute Gasteiger partial charge is 0.332 e. The third-order valence-electron chi connectivity index (χ3n) is 8.02. The number of anilines is 1. The lowest BCUT2D eigenvalue weighted by Gasteiger charge is -2.49. The van der Waals surface area contributed by atoms with Crippen LogP contribution in [-0.4, -0.2) is 52.4 Å². The molecule has 2 N–H and O–H groups in total. The second-order valence-electron chi connectivity index (χ2n) is 12.6. The van der Waals surface area contributed by atoms with Gasteiger partial charge in [0.15, 0.2) is 8.32 Å². The summed E-state index contributed by atoms with van der Waals surface area (Å²) in [6.45, 7) is 14.4. The molecule has 12 heteroatoms. The van der Waals surface area contributed by atoms with E-state index in [4.69, 9.17) is 9.16 Å². The number of aromatic nitrogens is 2. The number of rotatable bonds is 8. The summed E-state index contributed by atoms with van der Waals surface area (Å²) in [5, 5.41) is -0.0977. The molecule has 1 heterocycles. The summed E-state index contributed by atoms with van der Waals surface area (Å²) in [5.41, 5.74) is -3.23. The molecular formula is C30H40FN3O6SSi. The van der Waals surface area contributed by atoms with Crippen LogP contribution in [0.5, 0.6) is 0 Å². The number of sulfonamides is 1. The van der Waals surface area contributed by atoms with Gasteiger partial charge in [-0.25, -0.2) is 17.6 Å². The Hall–Kier alpha value is -3.24. The van der Waals surface area contributed by atoms with Crippen molar-refractivity contribution in [2.45, 2.75) is 58.9 Å². The van der Waals surface area contributed by atoms with Crippen LogP contribution >= 0.6 is 0 Å². The summed E-state index contributed by atoms with van der Waals surface area (Å²) in [5.74, 6) is 5.52. The van der Waals surface area contributed by atoms with E-state index in [1.807, 2.05) is 13.8 Å². The second-order valence-corrected chi connectivity index (χ2v) is 19.2. The van der Waals surface area contributed by atoms with Crippen LogP contribution in [0.15, 0.2) is 64.1 Å². The van der Waals surface area contributed by atoms with Gasteiger partial charge in [-0.1, -0.05) is 52.5 Å². The third kappa shape index (κ3) is 6.86. The lowest BCUT2D eigenvalue weighted by Crippen LogP contribution is -2.53. The molecule has 0 aliphatic heterocycles. The van der Waals surface area contributed by atoms with Crippen LogP contribution in [0.2, 0.25) is 18.1 Å². The Balaban J connectivity index is 2.26. The molecule has 0 fully saturated rings. The van der Waals surface area contributed by atoms with Gasteiger partial charge >= 0.3 is 5.69 Å². The first-order valence-corrected chi connectivity index (χ1v) is 18.2. The fourth-order valence-corrected chi connectivity index (χ4v) is 6.17. The van der Waals surface area contributed by atoms with Gasteiger partial charge in [-0.15, -0.1) is 0 Å². The van der Waals surface area contributed by atoms with Gasteiger partial charge in [-0.05, 0) is 48.5 Å². The highest BCUT2D eigenvalue weighted by molar-refractivity contribution is 7.92. The summed E-state index contributed by atoms with van der Waals surface area (Å²) in [4.78, 5) is 26.6. The van der Waals surface area contributed by atoms with Crippen molar-refractivity contribution in [2.75, 3.05) is 24.7 Å². The molecule has 0 bridgehead atoms. The van der Waals surface area contributed by atoms with Gasteiger partial charge in [0, 0.05) is 42.6 Å². The van der Waals surface area contributed by atoms with Crippen molar-refractivity contribution < 1.29 is 22.0 Å².